The maximum Gasteiger partial charge on any atom is 0.0922 e. The van der Waals surface area contributed by atoms with Gasteiger partial charge in [-0.05, 0) is 32.3 Å². The molecule has 0 N–H and O–H groups in total. The molecule has 0 amide bonds. The third-order valence-corrected chi connectivity index (χ3v) is 3.65. The minimum absolute atomic E-state index is 0.0211. The van der Waals surface area contributed by atoms with Gasteiger partial charge in [0, 0.05) is 5.75 Å². The summed E-state index contributed by atoms with van der Waals surface area (Å²) >= 11 is 1.57. The number of ether oxygens (including phenoxy) is 1. The summed E-state index contributed by atoms with van der Waals surface area (Å²) in [7, 11) is 0. The first-order valence-electron chi connectivity index (χ1n) is 6.06. The number of unbranched alkanes of at least 4 members (excludes halogenated alkanes) is 3. The SMILES string of the molecule is CCCCCCC(C)(C)OSCC1CO1. The zero-order chi connectivity index (χ0) is 11.1. The molecule has 15 heavy (non-hydrogen) atoms. The Labute approximate surface area is 98.3 Å². The maximum absolute atomic E-state index is 5.80. The van der Waals surface area contributed by atoms with Crippen LogP contribution in [0.15, 0.2) is 0 Å². The van der Waals surface area contributed by atoms with E-state index in [0.29, 0.717) is 6.10 Å². The van der Waals surface area contributed by atoms with Crippen LogP contribution in [0.25, 0.3) is 0 Å². The molecule has 1 saturated heterocycles. The summed E-state index contributed by atoms with van der Waals surface area (Å²) in [5, 5.41) is 0. The highest BCUT2D eigenvalue weighted by Crippen LogP contribution is 2.26. The van der Waals surface area contributed by atoms with Gasteiger partial charge in [0.1, 0.15) is 0 Å². The third kappa shape index (κ3) is 7.20. The first-order chi connectivity index (χ1) is 7.14. The molecular formula is C12H24O2S. The van der Waals surface area contributed by atoms with Gasteiger partial charge in [0.05, 0.1) is 18.3 Å². The third-order valence-electron chi connectivity index (χ3n) is 2.57. The molecule has 0 aromatic rings. The van der Waals surface area contributed by atoms with E-state index in [0.717, 1.165) is 18.8 Å². The normalized spacial score (nSPS) is 20.6. The Morgan fingerprint density at radius 3 is 2.67 bits per heavy atom. The first kappa shape index (κ1) is 13.3. The highest BCUT2D eigenvalue weighted by molar-refractivity contribution is 7.94. The van der Waals surface area contributed by atoms with Gasteiger partial charge in [-0.25, -0.2) is 0 Å². The van der Waals surface area contributed by atoms with Crippen LogP contribution < -0.4 is 0 Å². The molecule has 0 spiro atoms. The fraction of sp³-hybridized carbons (Fsp3) is 1.00. The van der Waals surface area contributed by atoms with Crippen molar-refractivity contribution in [2.75, 3.05) is 12.4 Å². The molecule has 0 aromatic heterocycles. The number of rotatable bonds is 9. The Morgan fingerprint density at radius 1 is 1.33 bits per heavy atom. The average molecular weight is 232 g/mol. The van der Waals surface area contributed by atoms with Gasteiger partial charge in [0.15, 0.2) is 0 Å². The lowest BCUT2D eigenvalue weighted by atomic mass is 10.0. The fourth-order valence-electron chi connectivity index (χ4n) is 1.45. The minimum atomic E-state index is 0.0211. The van der Waals surface area contributed by atoms with Crippen LogP contribution in [0, 0.1) is 0 Å². The number of epoxide rings is 1. The molecule has 2 nitrogen and oxygen atoms in total. The van der Waals surface area contributed by atoms with Crippen molar-refractivity contribution in [3.63, 3.8) is 0 Å². The topological polar surface area (TPSA) is 21.8 Å². The molecule has 0 saturated carbocycles. The average Bonchev–Trinajstić information content (AvgIpc) is 2.96. The van der Waals surface area contributed by atoms with Crippen molar-refractivity contribution >= 4 is 12.0 Å². The summed E-state index contributed by atoms with van der Waals surface area (Å²) in [6, 6.07) is 0. The van der Waals surface area contributed by atoms with Gasteiger partial charge in [-0.2, -0.15) is 0 Å². The van der Waals surface area contributed by atoms with Crippen LogP contribution in [0.3, 0.4) is 0 Å². The lowest BCUT2D eigenvalue weighted by molar-refractivity contribution is 0.125. The highest BCUT2D eigenvalue weighted by atomic mass is 32.2. The van der Waals surface area contributed by atoms with Gasteiger partial charge < -0.3 is 8.92 Å². The van der Waals surface area contributed by atoms with Gasteiger partial charge >= 0.3 is 0 Å². The second-order valence-electron chi connectivity index (χ2n) is 4.89. The number of hydrogen-bond acceptors (Lipinski definition) is 3. The summed E-state index contributed by atoms with van der Waals surface area (Å²) in [6.07, 6.45) is 6.88. The maximum atomic E-state index is 5.80. The predicted octanol–water partition coefficient (Wildman–Crippen LogP) is 3.80. The van der Waals surface area contributed by atoms with E-state index in [1.807, 2.05) is 0 Å². The molecule has 0 radical (unpaired) electrons. The second kappa shape index (κ2) is 6.77. The highest BCUT2D eigenvalue weighted by Gasteiger charge is 2.25. The Kier molecular flexibility index (Phi) is 6.02. The fourth-order valence-corrected chi connectivity index (χ4v) is 2.27. The largest absolute Gasteiger partial charge is 0.372 e. The molecule has 0 aromatic carbocycles. The first-order valence-corrected chi connectivity index (χ1v) is 6.97. The Morgan fingerprint density at radius 2 is 2.07 bits per heavy atom. The van der Waals surface area contributed by atoms with Crippen molar-refractivity contribution in [2.24, 2.45) is 0 Å². The summed E-state index contributed by atoms with van der Waals surface area (Å²) in [5.41, 5.74) is 0.0211. The molecule has 3 heteroatoms. The van der Waals surface area contributed by atoms with E-state index in [1.54, 1.807) is 12.0 Å². The van der Waals surface area contributed by atoms with Crippen molar-refractivity contribution in [2.45, 2.75) is 64.6 Å². The minimum Gasteiger partial charge on any atom is -0.372 e. The molecule has 0 aliphatic carbocycles. The van der Waals surface area contributed by atoms with Crippen molar-refractivity contribution in [3.8, 4) is 0 Å². The summed E-state index contributed by atoms with van der Waals surface area (Å²) < 4.78 is 10.9. The molecule has 1 rings (SSSR count). The molecule has 90 valence electrons. The zero-order valence-corrected chi connectivity index (χ0v) is 11.1. The van der Waals surface area contributed by atoms with E-state index in [4.69, 9.17) is 8.92 Å². The van der Waals surface area contributed by atoms with Crippen LogP contribution in [0.5, 0.6) is 0 Å². The van der Waals surface area contributed by atoms with Gasteiger partial charge in [0.2, 0.25) is 0 Å². The standard InChI is InChI=1S/C12H24O2S/c1-4-5-6-7-8-12(2,3)14-15-10-11-9-13-11/h11H,4-10H2,1-3H3. The molecule has 1 unspecified atom stereocenters. The predicted molar refractivity (Wildman–Crippen MR) is 66.1 cm³/mol. The summed E-state index contributed by atoms with van der Waals surface area (Å²) in [4.78, 5) is 0. The van der Waals surface area contributed by atoms with Crippen LogP contribution in [-0.2, 0) is 8.92 Å². The van der Waals surface area contributed by atoms with Crippen molar-refractivity contribution in [1.82, 2.24) is 0 Å². The van der Waals surface area contributed by atoms with E-state index < -0.39 is 0 Å². The van der Waals surface area contributed by atoms with Crippen molar-refractivity contribution < 1.29 is 8.92 Å². The van der Waals surface area contributed by atoms with E-state index in [-0.39, 0.29) is 5.60 Å². The Hall–Kier alpha value is 0.270. The van der Waals surface area contributed by atoms with Crippen molar-refractivity contribution in [1.29, 1.82) is 0 Å². The quantitative estimate of drug-likeness (QED) is 0.343. The summed E-state index contributed by atoms with van der Waals surface area (Å²) in [6.45, 7) is 7.53. The van der Waals surface area contributed by atoms with Gasteiger partial charge in [-0.15, -0.1) is 0 Å². The van der Waals surface area contributed by atoms with Crippen LogP contribution >= 0.6 is 12.0 Å². The molecule has 1 heterocycles. The summed E-state index contributed by atoms with van der Waals surface area (Å²) in [5.74, 6) is 0.985. The molecule has 1 aliphatic heterocycles. The van der Waals surface area contributed by atoms with Gasteiger partial charge in [-0.1, -0.05) is 32.6 Å². The van der Waals surface area contributed by atoms with E-state index >= 15 is 0 Å². The smallest absolute Gasteiger partial charge is 0.0922 e. The van der Waals surface area contributed by atoms with E-state index in [9.17, 15) is 0 Å². The van der Waals surface area contributed by atoms with E-state index in [2.05, 4.69) is 20.8 Å². The second-order valence-corrected chi connectivity index (χ2v) is 5.63. The lowest BCUT2D eigenvalue weighted by Gasteiger charge is -2.23. The Balaban J connectivity index is 1.96. The van der Waals surface area contributed by atoms with Crippen LogP contribution in [0.4, 0.5) is 0 Å². The zero-order valence-electron chi connectivity index (χ0n) is 10.3. The lowest BCUT2D eigenvalue weighted by Crippen LogP contribution is -2.21. The monoisotopic (exact) mass is 232 g/mol. The molecule has 1 fully saturated rings. The van der Waals surface area contributed by atoms with Crippen LogP contribution in [0.1, 0.15) is 52.9 Å². The van der Waals surface area contributed by atoms with E-state index in [1.165, 1.54) is 25.7 Å². The van der Waals surface area contributed by atoms with Crippen molar-refractivity contribution in [3.05, 3.63) is 0 Å². The van der Waals surface area contributed by atoms with Crippen LogP contribution in [0.2, 0.25) is 0 Å². The molecule has 1 atom stereocenters. The van der Waals surface area contributed by atoms with Gasteiger partial charge in [-0.3, -0.25) is 0 Å². The molecular weight excluding hydrogens is 208 g/mol. The Bertz CT molecular complexity index is 167. The molecule has 1 aliphatic rings. The van der Waals surface area contributed by atoms with Gasteiger partial charge in [0.25, 0.3) is 0 Å². The molecule has 0 bridgehead atoms. The number of hydrogen-bond donors (Lipinski definition) is 0. The van der Waals surface area contributed by atoms with Crippen LogP contribution in [-0.4, -0.2) is 24.1 Å².